The van der Waals surface area contributed by atoms with Gasteiger partial charge in [-0.15, -0.1) is 11.3 Å². The van der Waals surface area contributed by atoms with Crippen LogP contribution in [0.25, 0.3) is 0 Å². The lowest BCUT2D eigenvalue weighted by Crippen LogP contribution is -2.26. The van der Waals surface area contributed by atoms with Gasteiger partial charge in [-0.2, -0.15) is 0 Å². The van der Waals surface area contributed by atoms with Crippen LogP contribution in [0.4, 0.5) is 4.39 Å². The summed E-state index contributed by atoms with van der Waals surface area (Å²) in [4.78, 5) is 18.9. The van der Waals surface area contributed by atoms with Crippen molar-refractivity contribution in [1.82, 2.24) is 9.88 Å². The van der Waals surface area contributed by atoms with Crippen molar-refractivity contribution < 1.29 is 9.18 Å². The first-order valence-electron chi connectivity index (χ1n) is 5.58. The third-order valence-electron chi connectivity index (χ3n) is 2.74. The molecule has 19 heavy (non-hydrogen) atoms. The molecule has 1 aromatic heterocycles. The Morgan fingerprint density at radius 2 is 2.26 bits per heavy atom. The summed E-state index contributed by atoms with van der Waals surface area (Å²) in [6, 6.07) is 4.38. The molecule has 0 bridgehead atoms. The van der Waals surface area contributed by atoms with Crippen LogP contribution in [-0.4, -0.2) is 22.8 Å². The Hall–Kier alpha value is -1.27. The Morgan fingerprint density at radius 1 is 1.53 bits per heavy atom. The topological polar surface area (TPSA) is 33.2 Å². The van der Waals surface area contributed by atoms with E-state index in [0.29, 0.717) is 16.6 Å². The van der Waals surface area contributed by atoms with Gasteiger partial charge in [0, 0.05) is 17.5 Å². The van der Waals surface area contributed by atoms with E-state index in [4.69, 9.17) is 0 Å². The maximum absolute atomic E-state index is 13.4. The van der Waals surface area contributed by atoms with Crippen LogP contribution >= 0.6 is 27.3 Å². The fourth-order valence-electron chi connectivity index (χ4n) is 1.61. The first-order valence-corrected chi connectivity index (χ1v) is 7.26. The first kappa shape index (κ1) is 14.1. The van der Waals surface area contributed by atoms with Crippen molar-refractivity contribution in [3.63, 3.8) is 0 Å². The van der Waals surface area contributed by atoms with E-state index in [2.05, 4.69) is 20.9 Å². The number of carbonyl (C=O) groups excluding carboxylic acids is 1. The van der Waals surface area contributed by atoms with Crippen molar-refractivity contribution in [3.8, 4) is 0 Å². The summed E-state index contributed by atoms with van der Waals surface area (Å²) in [6.45, 7) is 2.39. The Labute approximate surface area is 123 Å². The molecule has 1 heterocycles. The summed E-state index contributed by atoms with van der Waals surface area (Å²) in [6.07, 6.45) is 0. The van der Waals surface area contributed by atoms with Gasteiger partial charge in [0.2, 0.25) is 0 Å². The van der Waals surface area contributed by atoms with Crippen molar-refractivity contribution >= 4 is 33.2 Å². The van der Waals surface area contributed by atoms with Gasteiger partial charge in [0.25, 0.3) is 5.91 Å². The molecule has 3 nitrogen and oxygen atoms in total. The molecular formula is C13H12BrFN2OS. The highest BCUT2D eigenvalue weighted by molar-refractivity contribution is 9.10. The molecule has 0 saturated heterocycles. The number of rotatable bonds is 3. The molecule has 1 amide bonds. The second-order valence-electron chi connectivity index (χ2n) is 4.15. The zero-order valence-corrected chi connectivity index (χ0v) is 12.9. The fourth-order valence-corrected chi connectivity index (χ4v) is 2.69. The highest BCUT2D eigenvalue weighted by Crippen LogP contribution is 2.19. The molecule has 1 aromatic carbocycles. The van der Waals surface area contributed by atoms with Gasteiger partial charge in [-0.3, -0.25) is 4.79 Å². The summed E-state index contributed by atoms with van der Waals surface area (Å²) in [5.41, 5.74) is 3.01. The molecule has 2 rings (SSSR count). The van der Waals surface area contributed by atoms with E-state index in [9.17, 15) is 9.18 Å². The van der Waals surface area contributed by atoms with Gasteiger partial charge in [0.05, 0.1) is 22.2 Å². The maximum atomic E-state index is 13.4. The minimum absolute atomic E-state index is 0.209. The van der Waals surface area contributed by atoms with Crippen LogP contribution in [0.3, 0.4) is 0 Å². The van der Waals surface area contributed by atoms with Crippen LogP contribution in [-0.2, 0) is 6.54 Å². The highest BCUT2D eigenvalue weighted by atomic mass is 79.9. The minimum Gasteiger partial charge on any atom is -0.336 e. The Kier molecular flexibility index (Phi) is 4.31. The zero-order chi connectivity index (χ0) is 14.0. The van der Waals surface area contributed by atoms with E-state index in [1.54, 1.807) is 23.5 Å². The number of aromatic nitrogens is 1. The zero-order valence-electron chi connectivity index (χ0n) is 10.5. The van der Waals surface area contributed by atoms with Crippen LogP contribution in [0.2, 0.25) is 0 Å². The summed E-state index contributed by atoms with van der Waals surface area (Å²) in [7, 11) is 1.70. The number of aryl methyl sites for hydroxylation is 1. The number of amides is 1. The van der Waals surface area contributed by atoms with E-state index in [0.717, 1.165) is 10.6 Å². The van der Waals surface area contributed by atoms with E-state index in [1.807, 2.05) is 6.92 Å². The average Bonchev–Trinajstić information content (AvgIpc) is 2.77. The molecule has 0 spiro atoms. The lowest BCUT2D eigenvalue weighted by Gasteiger charge is -2.16. The van der Waals surface area contributed by atoms with Gasteiger partial charge in [0.15, 0.2) is 0 Å². The molecule has 2 aromatic rings. The predicted octanol–water partition coefficient (Wildman–Crippen LogP) is 3.63. The Balaban J connectivity index is 2.15. The third kappa shape index (κ3) is 3.19. The van der Waals surface area contributed by atoms with E-state index in [1.165, 1.54) is 23.5 Å². The summed E-state index contributed by atoms with van der Waals surface area (Å²) < 4.78 is 13.8. The minimum atomic E-state index is -0.437. The normalized spacial score (nSPS) is 10.5. The summed E-state index contributed by atoms with van der Waals surface area (Å²) in [5.74, 6) is -0.646. The molecule has 0 N–H and O–H groups in total. The number of hydrogen-bond acceptors (Lipinski definition) is 3. The van der Waals surface area contributed by atoms with Gasteiger partial charge < -0.3 is 4.90 Å². The number of hydrogen-bond donors (Lipinski definition) is 0. The SMILES string of the molecule is Cc1ncsc1CN(C)C(=O)c1ccc(Br)c(F)c1. The smallest absolute Gasteiger partial charge is 0.254 e. The van der Waals surface area contributed by atoms with E-state index >= 15 is 0 Å². The molecule has 100 valence electrons. The van der Waals surface area contributed by atoms with Crippen LogP contribution in [0.5, 0.6) is 0 Å². The lowest BCUT2D eigenvalue weighted by molar-refractivity contribution is 0.0785. The molecule has 0 fully saturated rings. The summed E-state index contributed by atoms with van der Waals surface area (Å²) >= 11 is 4.58. The molecule has 0 unspecified atom stereocenters. The van der Waals surface area contributed by atoms with E-state index in [-0.39, 0.29) is 5.91 Å². The predicted molar refractivity (Wildman–Crippen MR) is 76.7 cm³/mol. The summed E-state index contributed by atoms with van der Waals surface area (Å²) in [5, 5.41) is 0. The molecule has 0 aliphatic rings. The second-order valence-corrected chi connectivity index (χ2v) is 5.94. The van der Waals surface area contributed by atoms with Gasteiger partial charge in [-0.1, -0.05) is 0 Å². The Bertz CT molecular complexity index is 614. The van der Waals surface area contributed by atoms with Crippen LogP contribution in [0.15, 0.2) is 28.2 Å². The number of carbonyl (C=O) groups is 1. The fraction of sp³-hybridized carbons (Fsp3) is 0.231. The monoisotopic (exact) mass is 342 g/mol. The van der Waals surface area contributed by atoms with Crippen molar-refractivity contribution in [2.75, 3.05) is 7.05 Å². The highest BCUT2D eigenvalue weighted by Gasteiger charge is 2.15. The van der Waals surface area contributed by atoms with Crippen LogP contribution in [0, 0.1) is 12.7 Å². The van der Waals surface area contributed by atoms with Crippen molar-refractivity contribution in [2.24, 2.45) is 0 Å². The molecular weight excluding hydrogens is 331 g/mol. The van der Waals surface area contributed by atoms with Gasteiger partial charge in [-0.05, 0) is 41.1 Å². The van der Waals surface area contributed by atoms with Gasteiger partial charge >= 0.3 is 0 Å². The number of halogens is 2. The molecule has 0 atom stereocenters. The van der Waals surface area contributed by atoms with Crippen molar-refractivity contribution in [3.05, 3.63) is 50.1 Å². The van der Waals surface area contributed by atoms with Crippen molar-refractivity contribution in [2.45, 2.75) is 13.5 Å². The molecule has 0 aliphatic carbocycles. The average molecular weight is 343 g/mol. The number of benzene rings is 1. The molecule has 0 aliphatic heterocycles. The molecule has 0 saturated carbocycles. The maximum Gasteiger partial charge on any atom is 0.254 e. The third-order valence-corrected chi connectivity index (χ3v) is 4.30. The first-order chi connectivity index (χ1) is 8.99. The second kappa shape index (κ2) is 5.79. The Morgan fingerprint density at radius 3 is 2.84 bits per heavy atom. The van der Waals surface area contributed by atoms with E-state index < -0.39 is 5.82 Å². The number of thiazole rings is 1. The largest absolute Gasteiger partial charge is 0.336 e. The van der Waals surface area contributed by atoms with Gasteiger partial charge in [-0.25, -0.2) is 9.37 Å². The molecule has 0 radical (unpaired) electrons. The van der Waals surface area contributed by atoms with Crippen molar-refractivity contribution in [1.29, 1.82) is 0 Å². The standard InChI is InChI=1S/C13H12BrFN2OS/c1-8-12(19-7-16-8)6-17(2)13(18)9-3-4-10(14)11(15)5-9/h3-5,7H,6H2,1-2H3. The van der Waals surface area contributed by atoms with Crippen LogP contribution in [0.1, 0.15) is 20.9 Å². The number of nitrogens with zero attached hydrogens (tertiary/aromatic N) is 2. The quantitative estimate of drug-likeness (QED) is 0.853. The van der Waals surface area contributed by atoms with Gasteiger partial charge in [0.1, 0.15) is 5.82 Å². The lowest BCUT2D eigenvalue weighted by atomic mass is 10.2. The molecule has 6 heteroatoms. The van der Waals surface area contributed by atoms with Crippen LogP contribution < -0.4 is 0 Å².